The van der Waals surface area contributed by atoms with E-state index in [4.69, 9.17) is 11.6 Å². The highest BCUT2D eigenvalue weighted by Gasteiger charge is 2.31. The van der Waals surface area contributed by atoms with Crippen LogP contribution in [0.4, 0.5) is 13.2 Å². The van der Waals surface area contributed by atoms with Gasteiger partial charge < -0.3 is 0 Å². The molecule has 0 amide bonds. The van der Waals surface area contributed by atoms with Crippen molar-refractivity contribution in [2.24, 2.45) is 0 Å². The second-order valence-electron chi connectivity index (χ2n) is 4.17. The van der Waals surface area contributed by atoms with Crippen molar-refractivity contribution in [1.29, 1.82) is 0 Å². The number of hydrogen-bond donors (Lipinski definition) is 0. The largest absolute Gasteiger partial charge is 0.416 e. The highest BCUT2D eigenvalue weighted by molar-refractivity contribution is 7.98. The SMILES string of the molecule is FC(F)(F)c1cccc(-n2nc3c(c2Cl)CSC3)c1. The van der Waals surface area contributed by atoms with Gasteiger partial charge in [-0.05, 0) is 18.2 Å². The van der Waals surface area contributed by atoms with Gasteiger partial charge in [-0.3, -0.25) is 0 Å². The quantitative estimate of drug-likeness (QED) is 0.782. The van der Waals surface area contributed by atoms with Crippen LogP contribution in [0.2, 0.25) is 5.15 Å². The van der Waals surface area contributed by atoms with E-state index in [2.05, 4.69) is 5.10 Å². The van der Waals surface area contributed by atoms with E-state index in [1.807, 2.05) is 0 Å². The lowest BCUT2D eigenvalue weighted by molar-refractivity contribution is -0.137. The average molecular weight is 305 g/mol. The number of benzene rings is 1. The molecule has 0 saturated heterocycles. The Morgan fingerprint density at radius 2 is 2.05 bits per heavy atom. The van der Waals surface area contributed by atoms with Crippen molar-refractivity contribution in [3.05, 3.63) is 46.2 Å². The molecule has 2 heterocycles. The minimum atomic E-state index is -4.37. The molecular weight excluding hydrogens is 297 g/mol. The summed E-state index contributed by atoms with van der Waals surface area (Å²) < 4.78 is 39.4. The molecule has 0 aliphatic carbocycles. The van der Waals surface area contributed by atoms with Gasteiger partial charge in [0.25, 0.3) is 0 Å². The van der Waals surface area contributed by atoms with E-state index in [1.165, 1.54) is 10.7 Å². The maximum atomic E-state index is 12.7. The van der Waals surface area contributed by atoms with Gasteiger partial charge >= 0.3 is 6.18 Å². The third kappa shape index (κ3) is 2.23. The number of alkyl halides is 3. The number of halogens is 4. The van der Waals surface area contributed by atoms with Gasteiger partial charge in [-0.1, -0.05) is 17.7 Å². The molecule has 0 unspecified atom stereocenters. The molecule has 19 heavy (non-hydrogen) atoms. The molecule has 2 aromatic rings. The topological polar surface area (TPSA) is 17.8 Å². The first-order chi connectivity index (χ1) is 8.97. The van der Waals surface area contributed by atoms with Gasteiger partial charge in [-0.25, -0.2) is 4.68 Å². The average Bonchev–Trinajstić information content (AvgIpc) is 2.92. The fourth-order valence-electron chi connectivity index (χ4n) is 1.97. The van der Waals surface area contributed by atoms with Crippen LogP contribution in [0.1, 0.15) is 16.8 Å². The highest BCUT2D eigenvalue weighted by Crippen LogP contribution is 2.36. The summed E-state index contributed by atoms with van der Waals surface area (Å²) in [4.78, 5) is 0. The fraction of sp³-hybridized carbons (Fsp3) is 0.250. The molecule has 0 spiro atoms. The Hall–Kier alpha value is -1.14. The van der Waals surface area contributed by atoms with Crippen LogP contribution in [0, 0.1) is 0 Å². The molecule has 0 atom stereocenters. The molecule has 1 aliphatic heterocycles. The van der Waals surface area contributed by atoms with Crippen LogP contribution < -0.4 is 0 Å². The standard InChI is InChI=1S/C12H8ClF3N2S/c13-11-9-5-19-6-10(9)17-18(11)8-3-1-2-7(4-8)12(14,15)16/h1-4H,5-6H2. The van der Waals surface area contributed by atoms with Crippen LogP contribution in [0.3, 0.4) is 0 Å². The molecule has 0 N–H and O–H groups in total. The molecule has 1 aromatic carbocycles. The molecule has 0 saturated carbocycles. The first-order valence-corrected chi connectivity index (χ1v) is 7.02. The number of fused-ring (bicyclic) bond motifs is 1. The molecule has 2 nitrogen and oxygen atoms in total. The minimum Gasteiger partial charge on any atom is -0.222 e. The predicted octanol–water partition coefficient (Wildman–Crippen LogP) is 4.29. The lowest BCUT2D eigenvalue weighted by Gasteiger charge is -2.09. The van der Waals surface area contributed by atoms with E-state index >= 15 is 0 Å². The number of hydrogen-bond acceptors (Lipinski definition) is 2. The minimum absolute atomic E-state index is 0.333. The van der Waals surface area contributed by atoms with Crippen molar-refractivity contribution in [1.82, 2.24) is 9.78 Å². The summed E-state index contributed by atoms with van der Waals surface area (Å²) in [6.07, 6.45) is -4.37. The molecular formula is C12H8ClF3N2S. The second-order valence-corrected chi connectivity index (χ2v) is 5.51. The van der Waals surface area contributed by atoms with E-state index in [-0.39, 0.29) is 0 Å². The number of thioether (sulfide) groups is 1. The molecule has 0 bridgehead atoms. The molecule has 1 aliphatic rings. The summed E-state index contributed by atoms with van der Waals surface area (Å²) in [5.74, 6) is 1.51. The zero-order valence-corrected chi connectivity index (χ0v) is 11.1. The number of nitrogens with zero attached hydrogens (tertiary/aromatic N) is 2. The van der Waals surface area contributed by atoms with Crippen LogP contribution in [0.5, 0.6) is 0 Å². The monoisotopic (exact) mass is 304 g/mol. The van der Waals surface area contributed by atoms with Crippen LogP contribution in [-0.2, 0) is 17.7 Å². The summed E-state index contributed by atoms with van der Waals surface area (Å²) in [6, 6.07) is 5.01. The molecule has 7 heteroatoms. The summed E-state index contributed by atoms with van der Waals surface area (Å²) in [5.41, 5.74) is 1.40. The van der Waals surface area contributed by atoms with E-state index < -0.39 is 11.7 Å². The Morgan fingerprint density at radius 1 is 1.26 bits per heavy atom. The Labute approximate surface area is 116 Å². The molecule has 3 rings (SSSR count). The Kier molecular flexibility index (Phi) is 3.02. The van der Waals surface area contributed by atoms with E-state index in [1.54, 1.807) is 17.8 Å². The Morgan fingerprint density at radius 3 is 2.74 bits per heavy atom. The molecule has 100 valence electrons. The van der Waals surface area contributed by atoms with Crippen molar-refractivity contribution in [2.45, 2.75) is 17.7 Å². The molecule has 0 radical (unpaired) electrons. The Balaban J connectivity index is 2.08. The third-order valence-electron chi connectivity index (χ3n) is 2.91. The maximum absolute atomic E-state index is 12.7. The second kappa shape index (κ2) is 4.45. The van der Waals surface area contributed by atoms with Crippen molar-refractivity contribution >= 4 is 23.4 Å². The van der Waals surface area contributed by atoms with Crippen LogP contribution in [-0.4, -0.2) is 9.78 Å². The maximum Gasteiger partial charge on any atom is 0.416 e. The molecule has 0 fully saturated rings. The van der Waals surface area contributed by atoms with Crippen molar-refractivity contribution < 1.29 is 13.2 Å². The van der Waals surface area contributed by atoms with Gasteiger partial charge in [0.15, 0.2) is 0 Å². The highest BCUT2D eigenvalue weighted by atomic mass is 35.5. The number of rotatable bonds is 1. The van der Waals surface area contributed by atoms with E-state index in [9.17, 15) is 13.2 Å². The number of aromatic nitrogens is 2. The van der Waals surface area contributed by atoms with Gasteiger partial charge in [0.05, 0.1) is 16.9 Å². The van der Waals surface area contributed by atoms with Crippen molar-refractivity contribution in [2.75, 3.05) is 0 Å². The van der Waals surface area contributed by atoms with Crippen LogP contribution in [0.15, 0.2) is 24.3 Å². The van der Waals surface area contributed by atoms with Gasteiger partial charge in [0.2, 0.25) is 0 Å². The predicted molar refractivity (Wildman–Crippen MR) is 68.6 cm³/mol. The zero-order chi connectivity index (χ0) is 13.6. The normalized spacial score (nSPS) is 14.7. The van der Waals surface area contributed by atoms with Crippen molar-refractivity contribution in [3.8, 4) is 5.69 Å². The van der Waals surface area contributed by atoms with Crippen LogP contribution >= 0.6 is 23.4 Å². The van der Waals surface area contributed by atoms with E-state index in [0.29, 0.717) is 10.8 Å². The summed E-state index contributed by atoms with van der Waals surface area (Å²) in [5, 5.41) is 4.68. The van der Waals surface area contributed by atoms with Gasteiger partial charge in [-0.2, -0.15) is 30.0 Å². The van der Waals surface area contributed by atoms with Gasteiger partial charge in [0.1, 0.15) is 5.15 Å². The smallest absolute Gasteiger partial charge is 0.222 e. The lowest BCUT2D eigenvalue weighted by atomic mass is 10.2. The van der Waals surface area contributed by atoms with Crippen molar-refractivity contribution in [3.63, 3.8) is 0 Å². The Bertz CT molecular complexity index is 636. The van der Waals surface area contributed by atoms with E-state index in [0.717, 1.165) is 34.9 Å². The fourth-order valence-corrected chi connectivity index (χ4v) is 3.39. The third-order valence-corrected chi connectivity index (χ3v) is 4.27. The summed E-state index contributed by atoms with van der Waals surface area (Å²) in [6.45, 7) is 0. The molecule has 1 aromatic heterocycles. The first-order valence-electron chi connectivity index (χ1n) is 5.48. The van der Waals surface area contributed by atoms with Gasteiger partial charge in [0, 0.05) is 17.1 Å². The van der Waals surface area contributed by atoms with Gasteiger partial charge in [-0.15, -0.1) is 0 Å². The summed E-state index contributed by atoms with van der Waals surface area (Å²) >= 11 is 7.87. The summed E-state index contributed by atoms with van der Waals surface area (Å²) in [7, 11) is 0. The van der Waals surface area contributed by atoms with Crippen LogP contribution in [0.25, 0.3) is 5.69 Å². The lowest BCUT2D eigenvalue weighted by Crippen LogP contribution is -2.06. The zero-order valence-electron chi connectivity index (χ0n) is 9.54. The first kappa shape index (κ1) is 12.9.